The van der Waals surface area contributed by atoms with Crippen molar-refractivity contribution in [1.29, 1.82) is 0 Å². The average molecular weight is 317 g/mol. The molecule has 1 aliphatic rings. The van der Waals surface area contributed by atoms with Crippen molar-refractivity contribution < 1.29 is 14.4 Å². The summed E-state index contributed by atoms with van der Waals surface area (Å²) in [6.07, 6.45) is 0.276. The Morgan fingerprint density at radius 3 is 2.26 bits per heavy atom. The maximum atomic E-state index is 12.1. The van der Waals surface area contributed by atoms with Crippen molar-refractivity contribution in [3.63, 3.8) is 0 Å². The van der Waals surface area contributed by atoms with Crippen LogP contribution in [0.15, 0.2) is 24.3 Å². The van der Waals surface area contributed by atoms with E-state index in [2.05, 4.69) is 5.32 Å². The minimum absolute atomic E-state index is 0.00475. The molecular weight excluding hydrogens is 294 g/mol. The highest BCUT2D eigenvalue weighted by Gasteiger charge is 2.22. The molecule has 124 valence electrons. The van der Waals surface area contributed by atoms with Crippen LogP contribution in [0, 0.1) is 6.92 Å². The van der Waals surface area contributed by atoms with Gasteiger partial charge in [-0.1, -0.05) is 24.3 Å². The number of rotatable bonds is 4. The fraction of sp³-hybridized carbons (Fsp3) is 0.471. The summed E-state index contributed by atoms with van der Waals surface area (Å²) >= 11 is 0. The van der Waals surface area contributed by atoms with E-state index in [1.807, 2.05) is 31.2 Å². The number of amides is 3. The van der Waals surface area contributed by atoms with Crippen LogP contribution in [0.3, 0.4) is 0 Å². The number of nitrogens with zero attached hydrogens (tertiary/aromatic N) is 2. The molecule has 0 radical (unpaired) electrons. The minimum atomic E-state index is -0.157. The third-order valence-electron chi connectivity index (χ3n) is 4.13. The molecule has 23 heavy (non-hydrogen) atoms. The standard InChI is InChI=1S/C17H23N3O3/c1-13-5-3-4-6-15(13)11-16(22)18-12-17(23)20-9-7-19(8-10-20)14(2)21/h3-6H,7-12H2,1-2H3,(H,18,22). The molecule has 0 aromatic heterocycles. The highest BCUT2D eigenvalue weighted by molar-refractivity contribution is 5.86. The zero-order valence-electron chi connectivity index (χ0n) is 13.7. The Morgan fingerprint density at radius 1 is 1.04 bits per heavy atom. The van der Waals surface area contributed by atoms with Crippen LogP contribution in [0.25, 0.3) is 0 Å². The van der Waals surface area contributed by atoms with Crippen LogP contribution < -0.4 is 5.32 Å². The molecule has 1 fully saturated rings. The van der Waals surface area contributed by atoms with Gasteiger partial charge in [-0.05, 0) is 18.1 Å². The predicted octanol–water partition coefficient (Wildman–Crippen LogP) is 0.344. The third-order valence-corrected chi connectivity index (χ3v) is 4.13. The topological polar surface area (TPSA) is 69.7 Å². The summed E-state index contributed by atoms with van der Waals surface area (Å²) in [4.78, 5) is 38.7. The van der Waals surface area contributed by atoms with E-state index >= 15 is 0 Å². The molecule has 3 amide bonds. The number of nitrogens with one attached hydrogen (secondary N) is 1. The van der Waals surface area contributed by atoms with Crippen molar-refractivity contribution in [2.24, 2.45) is 0 Å². The summed E-state index contributed by atoms with van der Waals surface area (Å²) in [6.45, 7) is 5.64. The smallest absolute Gasteiger partial charge is 0.242 e. The fourth-order valence-corrected chi connectivity index (χ4v) is 2.60. The van der Waals surface area contributed by atoms with Gasteiger partial charge in [-0.2, -0.15) is 0 Å². The van der Waals surface area contributed by atoms with Gasteiger partial charge in [0.1, 0.15) is 0 Å². The Hall–Kier alpha value is -2.37. The number of hydrogen-bond acceptors (Lipinski definition) is 3. The molecule has 0 spiro atoms. The molecule has 1 aliphatic heterocycles. The van der Waals surface area contributed by atoms with E-state index < -0.39 is 0 Å². The monoisotopic (exact) mass is 317 g/mol. The lowest BCUT2D eigenvalue weighted by atomic mass is 10.1. The van der Waals surface area contributed by atoms with Crippen molar-refractivity contribution in [3.05, 3.63) is 35.4 Å². The Morgan fingerprint density at radius 2 is 1.65 bits per heavy atom. The molecule has 6 nitrogen and oxygen atoms in total. The van der Waals surface area contributed by atoms with E-state index in [1.165, 1.54) is 6.92 Å². The first-order chi connectivity index (χ1) is 11.0. The van der Waals surface area contributed by atoms with E-state index in [0.29, 0.717) is 26.2 Å². The van der Waals surface area contributed by atoms with Crippen LogP contribution >= 0.6 is 0 Å². The van der Waals surface area contributed by atoms with Gasteiger partial charge in [0.25, 0.3) is 0 Å². The zero-order chi connectivity index (χ0) is 16.8. The van der Waals surface area contributed by atoms with Gasteiger partial charge in [-0.25, -0.2) is 0 Å². The Balaban J connectivity index is 1.75. The maximum Gasteiger partial charge on any atom is 0.242 e. The van der Waals surface area contributed by atoms with E-state index in [9.17, 15) is 14.4 Å². The molecule has 1 heterocycles. The SMILES string of the molecule is CC(=O)N1CCN(C(=O)CNC(=O)Cc2ccccc2C)CC1. The van der Waals surface area contributed by atoms with Crippen LogP contribution in [-0.2, 0) is 20.8 Å². The first kappa shape index (κ1) is 17.0. The lowest BCUT2D eigenvalue weighted by Crippen LogP contribution is -2.52. The first-order valence-corrected chi connectivity index (χ1v) is 7.82. The predicted molar refractivity (Wildman–Crippen MR) is 86.7 cm³/mol. The van der Waals surface area contributed by atoms with Crippen molar-refractivity contribution in [3.8, 4) is 0 Å². The second kappa shape index (κ2) is 7.76. The van der Waals surface area contributed by atoms with E-state index in [1.54, 1.807) is 9.80 Å². The number of piperazine rings is 1. The average Bonchev–Trinajstić information content (AvgIpc) is 2.55. The van der Waals surface area contributed by atoms with Crippen molar-refractivity contribution >= 4 is 17.7 Å². The largest absolute Gasteiger partial charge is 0.347 e. The van der Waals surface area contributed by atoms with Crippen LogP contribution in [0.2, 0.25) is 0 Å². The number of carbonyl (C=O) groups excluding carboxylic acids is 3. The molecule has 0 bridgehead atoms. The van der Waals surface area contributed by atoms with Crippen LogP contribution in [0.1, 0.15) is 18.1 Å². The number of benzene rings is 1. The lowest BCUT2D eigenvalue weighted by Gasteiger charge is -2.34. The van der Waals surface area contributed by atoms with Crippen LogP contribution in [-0.4, -0.2) is 60.2 Å². The molecular formula is C17H23N3O3. The molecule has 0 atom stereocenters. The van der Waals surface area contributed by atoms with Gasteiger partial charge in [0.2, 0.25) is 17.7 Å². The minimum Gasteiger partial charge on any atom is -0.347 e. The summed E-state index contributed by atoms with van der Waals surface area (Å²) in [5.74, 6) is -0.231. The van der Waals surface area contributed by atoms with Crippen molar-refractivity contribution in [2.45, 2.75) is 20.3 Å². The summed E-state index contributed by atoms with van der Waals surface area (Å²) in [5.41, 5.74) is 2.03. The maximum absolute atomic E-state index is 12.1. The highest BCUT2D eigenvalue weighted by atomic mass is 16.2. The summed E-state index contributed by atoms with van der Waals surface area (Å²) in [6, 6.07) is 7.70. The quantitative estimate of drug-likeness (QED) is 0.871. The second-order valence-corrected chi connectivity index (χ2v) is 5.77. The first-order valence-electron chi connectivity index (χ1n) is 7.82. The summed E-state index contributed by atoms with van der Waals surface area (Å²) < 4.78 is 0. The molecule has 0 saturated carbocycles. The van der Waals surface area contributed by atoms with Gasteiger partial charge < -0.3 is 15.1 Å². The zero-order valence-corrected chi connectivity index (χ0v) is 13.7. The van der Waals surface area contributed by atoms with Gasteiger partial charge in [0, 0.05) is 33.1 Å². The van der Waals surface area contributed by atoms with Gasteiger partial charge >= 0.3 is 0 Å². The molecule has 1 aromatic carbocycles. The van der Waals surface area contributed by atoms with Gasteiger partial charge in [0.05, 0.1) is 13.0 Å². The van der Waals surface area contributed by atoms with E-state index in [4.69, 9.17) is 0 Å². The molecule has 6 heteroatoms. The third kappa shape index (κ3) is 4.81. The van der Waals surface area contributed by atoms with Gasteiger partial charge in [0.15, 0.2) is 0 Å². The van der Waals surface area contributed by atoms with Gasteiger partial charge in [-0.3, -0.25) is 14.4 Å². The Bertz CT molecular complexity index is 593. The normalized spacial score (nSPS) is 14.5. The molecule has 0 unspecified atom stereocenters. The molecule has 1 saturated heterocycles. The van der Waals surface area contributed by atoms with Crippen molar-refractivity contribution in [2.75, 3.05) is 32.7 Å². The fourth-order valence-electron chi connectivity index (χ4n) is 2.60. The van der Waals surface area contributed by atoms with E-state index in [0.717, 1.165) is 11.1 Å². The highest BCUT2D eigenvalue weighted by Crippen LogP contribution is 2.07. The Labute approximate surface area is 136 Å². The molecule has 1 N–H and O–H groups in total. The molecule has 1 aromatic rings. The van der Waals surface area contributed by atoms with Crippen molar-refractivity contribution in [1.82, 2.24) is 15.1 Å². The van der Waals surface area contributed by atoms with E-state index in [-0.39, 0.29) is 30.7 Å². The number of aryl methyl sites for hydroxylation is 1. The van der Waals surface area contributed by atoms with Crippen LogP contribution in [0.4, 0.5) is 0 Å². The van der Waals surface area contributed by atoms with Gasteiger partial charge in [-0.15, -0.1) is 0 Å². The summed E-state index contributed by atoms with van der Waals surface area (Å²) in [7, 11) is 0. The molecule has 2 rings (SSSR count). The Kier molecular flexibility index (Phi) is 5.73. The lowest BCUT2D eigenvalue weighted by molar-refractivity contribution is -0.138. The summed E-state index contributed by atoms with van der Waals surface area (Å²) in [5, 5.41) is 2.68. The van der Waals surface area contributed by atoms with Crippen LogP contribution in [0.5, 0.6) is 0 Å². The number of hydrogen-bond donors (Lipinski definition) is 1. The molecule has 0 aliphatic carbocycles. The second-order valence-electron chi connectivity index (χ2n) is 5.77. The number of carbonyl (C=O) groups is 3.